The van der Waals surface area contributed by atoms with Crippen LogP contribution < -0.4 is 11.1 Å². The number of carbonyl (C=O) groups is 1. The summed E-state index contributed by atoms with van der Waals surface area (Å²) in [7, 11) is 0. The second kappa shape index (κ2) is 6.36. The summed E-state index contributed by atoms with van der Waals surface area (Å²) in [6.45, 7) is 5.61. The van der Waals surface area contributed by atoms with Crippen LogP contribution in [-0.2, 0) is 4.79 Å². The Labute approximate surface area is 117 Å². The maximum Gasteiger partial charge on any atom is 0.241 e. The molecule has 0 aliphatic carbocycles. The first-order valence-electron chi connectivity index (χ1n) is 5.23. The fraction of sp³-hybridized carbons (Fsp3) is 0.417. The molecule has 102 valence electrons. The average Bonchev–Trinajstić information content (AvgIpc) is 2.21. The summed E-state index contributed by atoms with van der Waals surface area (Å²) in [5, 5.41) is 2.57. The van der Waals surface area contributed by atoms with E-state index in [1.165, 1.54) is 18.2 Å². The minimum absolute atomic E-state index is 0. The Kier molecular flexibility index (Phi) is 6.07. The maximum atomic E-state index is 12.9. The molecule has 0 fully saturated rings. The van der Waals surface area contributed by atoms with E-state index in [1.807, 2.05) is 20.8 Å². The number of carbonyl (C=O) groups excluding carboxylic acids is 1. The molecule has 0 saturated heterocycles. The summed E-state index contributed by atoms with van der Waals surface area (Å²) in [4.78, 5) is 11.8. The third-order valence-electron chi connectivity index (χ3n) is 2.40. The second-order valence-electron chi connectivity index (χ2n) is 4.96. The van der Waals surface area contributed by atoms with Crippen LogP contribution in [0.1, 0.15) is 20.8 Å². The van der Waals surface area contributed by atoms with E-state index in [2.05, 4.69) is 5.32 Å². The minimum Gasteiger partial charge on any atom is -0.325 e. The van der Waals surface area contributed by atoms with Crippen LogP contribution in [0.3, 0.4) is 0 Å². The van der Waals surface area contributed by atoms with Gasteiger partial charge in [0.1, 0.15) is 5.82 Å². The van der Waals surface area contributed by atoms with Gasteiger partial charge < -0.3 is 11.1 Å². The normalized spacial score (nSPS) is 12.6. The topological polar surface area (TPSA) is 55.1 Å². The summed E-state index contributed by atoms with van der Waals surface area (Å²) in [5.74, 6) is -0.843. The molecular weight excluding hydrogens is 278 g/mol. The molecule has 1 aromatic rings. The second-order valence-corrected chi connectivity index (χ2v) is 5.37. The van der Waals surface area contributed by atoms with Crippen LogP contribution >= 0.6 is 24.0 Å². The first kappa shape index (κ1) is 17.2. The number of hydrogen-bond donors (Lipinski definition) is 2. The van der Waals surface area contributed by atoms with Crippen molar-refractivity contribution in [1.82, 2.24) is 0 Å². The highest BCUT2D eigenvalue weighted by Crippen LogP contribution is 2.22. The van der Waals surface area contributed by atoms with Gasteiger partial charge in [0.05, 0.1) is 11.1 Å². The van der Waals surface area contributed by atoms with Crippen molar-refractivity contribution in [2.75, 3.05) is 5.32 Å². The Balaban J connectivity index is 0.00000289. The lowest BCUT2D eigenvalue weighted by molar-refractivity contribution is -0.119. The number of rotatable bonds is 2. The van der Waals surface area contributed by atoms with E-state index in [0.717, 1.165) is 0 Å². The Morgan fingerprint density at radius 1 is 1.44 bits per heavy atom. The van der Waals surface area contributed by atoms with Crippen molar-refractivity contribution in [1.29, 1.82) is 0 Å². The summed E-state index contributed by atoms with van der Waals surface area (Å²) >= 11 is 5.61. The average molecular weight is 295 g/mol. The van der Waals surface area contributed by atoms with Crippen molar-refractivity contribution in [2.24, 2.45) is 11.1 Å². The van der Waals surface area contributed by atoms with Crippen LogP contribution in [0.2, 0.25) is 5.02 Å². The molecule has 0 spiro atoms. The molecule has 1 rings (SSSR count). The zero-order chi connectivity index (χ0) is 13.2. The van der Waals surface area contributed by atoms with E-state index in [0.29, 0.717) is 5.69 Å². The zero-order valence-electron chi connectivity index (χ0n) is 10.5. The lowest BCUT2D eigenvalue weighted by atomic mass is 9.87. The van der Waals surface area contributed by atoms with E-state index in [1.54, 1.807) is 0 Å². The quantitative estimate of drug-likeness (QED) is 0.880. The summed E-state index contributed by atoms with van der Waals surface area (Å²) in [6.07, 6.45) is 0. The molecule has 6 heteroatoms. The lowest BCUT2D eigenvalue weighted by Crippen LogP contribution is -2.45. The molecule has 3 N–H and O–H groups in total. The van der Waals surface area contributed by atoms with Crippen LogP contribution in [0.25, 0.3) is 0 Å². The fourth-order valence-corrected chi connectivity index (χ4v) is 1.37. The molecule has 1 atom stereocenters. The molecule has 0 bridgehead atoms. The van der Waals surface area contributed by atoms with Gasteiger partial charge in [-0.1, -0.05) is 32.4 Å². The largest absolute Gasteiger partial charge is 0.325 e. The van der Waals surface area contributed by atoms with Gasteiger partial charge in [-0.05, 0) is 23.6 Å². The molecular formula is C12H17Cl2FN2O. The number of nitrogens with two attached hydrogens (primary N) is 1. The summed E-state index contributed by atoms with van der Waals surface area (Å²) in [5.41, 5.74) is 5.88. The summed E-state index contributed by atoms with van der Waals surface area (Å²) in [6, 6.07) is 3.34. The van der Waals surface area contributed by atoms with Gasteiger partial charge in [0.25, 0.3) is 0 Å². The molecule has 0 aliphatic rings. The molecule has 0 saturated carbocycles. The standard InChI is InChI=1S/C12H16ClFN2O.ClH/c1-12(2,3)10(15)11(17)16-7-4-5-9(14)8(13)6-7;/h4-6,10H,15H2,1-3H3,(H,16,17);1H/t10-;/m1./s1. The van der Waals surface area contributed by atoms with E-state index >= 15 is 0 Å². The van der Waals surface area contributed by atoms with Gasteiger partial charge in [-0.3, -0.25) is 4.79 Å². The number of nitrogens with one attached hydrogen (secondary N) is 1. The van der Waals surface area contributed by atoms with Gasteiger partial charge in [0.15, 0.2) is 0 Å². The summed E-state index contributed by atoms with van der Waals surface area (Å²) < 4.78 is 12.9. The SMILES string of the molecule is CC(C)(C)[C@H](N)C(=O)Nc1ccc(F)c(Cl)c1.Cl. The van der Waals surface area contributed by atoms with Crippen LogP contribution in [-0.4, -0.2) is 11.9 Å². The highest BCUT2D eigenvalue weighted by atomic mass is 35.5. The third kappa shape index (κ3) is 4.44. The van der Waals surface area contributed by atoms with E-state index in [4.69, 9.17) is 17.3 Å². The fourth-order valence-electron chi connectivity index (χ4n) is 1.19. The number of benzene rings is 1. The highest BCUT2D eigenvalue weighted by molar-refractivity contribution is 6.31. The Hall–Kier alpha value is -0.840. The van der Waals surface area contributed by atoms with Gasteiger partial charge in [-0.15, -0.1) is 12.4 Å². The monoisotopic (exact) mass is 294 g/mol. The third-order valence-corrected chi connectivity index (χ3v) is 2.69. The van der Waals surface area contributed by atoms with Gasteiger partial charge in [-0.2, -0.15) is 0 Å². The van der Waals surface area contributed by atoms with Crippen LogP contribution in [0.4, 0.5) is 10.1 Å². The van der Waals surface area contributed by atoms with Crippen molar-refractivity contribution in [3.05, 3.63) is 29.0 Å². The molecule has 0 aromatic heterocycles. The number of amides is 1. The van der Waals surface area contributed by atoms with Crippen LogP contribution in [0.15, 0.2) is 18.2 Å². The van der Waals surface area contributed by atoms with Crippen molar-refractivity contribution in [2.45, 2.75) is 26.8 Å². The predicted octanol–water partition coefficient (Wildman–Crippen LogP) is 3.21. The maximum absolute atomic E-state index is 12.9. The first-order chi connectivity index (χ1) is 7.71. The lowest BCUT2D eigenvalue weighted by Gasteiger charge is -2.25. The molecule has 0 aliphatic heterocycles. The van der Waals surface area contributed by atoms with Gasteiger partial charge in [-0.25, -0.2) is 4.39 Å². The molecule has 1 aromatic carbocycles. The van der Waals surface area contributed by atoms with Gasteiger partial charge >= 0.3 is 0 Å². The minimum atomic E-state index is -0.647. The van der Waals surface area contributed by atoms with Gasteiger partial charge in [0.2, 0.25) is 5.91 Å². The van der Waals surface area contributed by atoms with Crippen LogP contribution in [0.5, 0.6) is 0 Å². The smallest absolute Gasteiger partial charge is 0.241 e. The Morgan fingerprint density at radius 2 is 2.00 bits per heavy atom. The van der Waals surface area contributed by atoms with E-state index < -0.39 is 11.9 Å². The van der Waals surface area contributed by atoms with Crippen LogP contribution in [0, 0.1) is 11.2 Å². The zero-order valence-corrected chi connectivity index (χ0v) is 12.0. The molecule has 0 unspecified atom stereocenters. The number of halogens is 3. The van der Waals surface area contributed by atoms with Crippen molar-refractivity contribution < 1.29 is 9.18 Å². The molecule has 18 heavy (non-hydrogen) atoms. The Bertz CT molecular complexity index is 433. The first-order valence-corrected chi connectivity index (χ1v) is 5.61. The molecule has 3 nitrogen and oxygen atoms in total. The van der Waals surface area contributed by atoms with E-state index in [9.17, 15) is 9.18 Å². The Morgan fingerprint density at radius 3 is 2.44 bits per heavy atom. The van der Waals surface area contributed by atoms with Crippen molar-refractivity contribution in [3.8, 4) is 0 Å². The predicted molar refractivity (Wildman–Crippen MR) is 74.7 cm³/mol. The molecule has 0 radical (unpaired) electrons. The highest BCUT2D eigenvalue weighted by Gasteiger charge is 2.27. The van der Waals surface area contributed by atoms with E-state index in [-0.39, 0.29) is 28.8 Å². The van der Waals surface area contributed by atoms with Crippen molar-refractivity contribution >= 4 is 35.6 Å². The van der Waals surface area contributed by atoms with Gasteiger partial charge in [0, 0.05) is 5.69 Å². The van der Waals surface area contributed by atoms with Crippen molar-refractivity contribution in [3.63, 3.8) is 0 Å². The molecule has 0 heterocycles. The molecule has 1 amide bonds. The number of hydrogen-bond acceptors (Lipinski definition) is 2. The number of anilines is 1.